The lowest BCUT2D eigenvalue weighted by Crippen LogP contribution is -2.40. The zero-order chi connectivity index (χ0) is 16.7. The third-order valence-electron chi connectivity index (χ3n) is 3.99. The van der Waals surface area contributed by atoms with Gasteiger partial charge in [-0.3, -0.25) is 4.99 Å². The average molecular weight is 319 g/mol. The summed E-state index contributed by atoms with van der Waals surface area (Å²) in [6.07, 6.45) is 2.66. The first kappa shape index (κ1) is 17.6. The summed E-state index contributed by atoms with van der Waals surface area (Å²) in [6, 6.07) is 6.23. The van der Waals surface area contributed by atoms with Crippen molar-refractivity contribution in [2.24, 2.45) is 10.9 Å². The fraction of sp³-hybridized carbons (Fsp3) is 0.611. The molecule has 128 valence electrons. The second-order valence-electron chi connectivity index (χ2n) is 6.20. The van der Waals surface area contributed by atoms with Crippen molar-refractivity contribution in [1.29, 1.82) is 0 Å². The van der Waals surface area contributed by atoms with Crippen molar-refractivity contribution >= 4 is 5.96 Å². The summed E-state index contributed by atoms with van der Waals surface area (Å²) >= 11 is 0. The topological polar surface area (TPSA) is 46.1 Å². The van der Waals surface area contributed by atoms with Crippen LogP contribution in [0.5, 0.6) is 5.75 Å². The van der Waals surface area contributed by atoms with E-state index in [9.17, 15) is 0 Å². The van der Waals surface area contributed by atoms with Gasteiger partial charge in [-0.25, -0.2) is 0 Å². The quantitative estimate of drug-likeness (QED) is 0.454. The third-order valence-corrected chi connectivity index (χ3v) is 3.99. The first-order valence-corrected chi connectivity index (χ1v) is 8.26. The van der Waals surface area contributed by atoms with Crippen LogP contribution < -0.4 is 10.1 Å². The molecule has 1 saturated carbocycles. The first-order valence-electron chi connectivity index (χ1n) is 8.26. The molecule has 1 N–H and O–H groups in total. The summed E-state index contributed by atoms with van der Waals surface area (Å²) in [6.45, 7) is 5.28. The van der Waals surface area contributed by atoms with Crippen molar-refractivity contribution in [2.75, 3.05) is 41.0 Å². The van der Waals surface area contributed by atoms with E-state index in [1.165, 1.54) is 24.0 Å². The molecule has 0 amide bonds. The summed E-state index contributed by atoms with van der Waals surface area (Å²) in [5.74, 6) is 2.58. The second-order valence-corrected chi connectivity index (χ2v) is 6.20. The van der Waals surface area contributed by atoms with E-state index in [0.717, 1.165) is 43.9 Å². The number of aliphatic imine (C=N–C) groups is 1. The second kappa shape index (κ2) is 8.77. The van der Waals surface area contributed by atoms with Gasteiger partial charge in [0.1, 0.15) is 5.75 Å². The smallest absolute Gasteiger partial charge is 0.193 e. The van der Waals surface area contributed by atoms with Gasteiger partial charge in [-0.2, -0.15) is 0 Å². The largest absolute Gasteiger partial charge is 0.497 e. The highest BCUT2D eigenvalue weighted by Gasteiger charge is 2.21. The van der Waals surface area contributed by atoms with Crippen molar-refractivity contribution in [1.82, 2.24) is 10.2 Å². The van der Waals surface area contributed by atoms with Crippen LogP contribution in [-0.2, 0) is 11.3 Å². The van der Waals surface area contributed by atoms with Gasteiger partial charge in [0.05, 0.1) is 13.7 Å². The molecule has 0 atom stereocenters. The maximum Gasteiger partial charge on any atom is 0.193 e. The lowest BCUT2D eigenvalue weighted by atomic mass is 10.1. The molecule has 1 aromatic carbocycles. The van der Waals surface area contributed by atoms with Gasteiger partial charge >= 0.3 is 0 Å². The molecule has 0 aromatic heterocycles. The van der Waals surface area contributed by atoms with Gasteiger partial charge in [-0.05, 0) is 48.9 Å². The predicted molar refractivity (Wildman–Crippen MR) is 94.1 cm³/mol. The number of methoxy groups -OCH3 is 1. The summed E-state index contributed by atoms with van der Waals surface area (Å²) < 4.78 is 11.0. The van der Waals surface area contributed by atoms with Crippen LogP contribution in [0.4, 0.5) is 0 Å². The molecule has 5 heteroatoms. The highest BCUT2D eigenvalue weighted by atomic mass is 16.5. The van der Waals surface area contributed by atoms with E-state index in [1.807, 2.05) is 19.2 Å². The highest BCUT2D eigenvalue weighted by Crippen LogP contribution is 2.28. The van der Waals surface area contributed by atoms with Crippen LogP contribution >= 0.6 is 0 Å². The molecule has 1 aliphatic carbocycles. The minimum atomic E-state index is 0.720. The number of guanidine groups is 1. The molecule has 2 rings (SSSR count). The molecule has 1 aliphatic rings. The van der Waals surface area contributed by atoms with Crippen molar-refractivity contribution < 1.29 is 9.47 Å². The maximum atomic E-state index is 5.69. The fourth-order valence-corrected chi connectivity index (χ4v) is 2.45. The Bertz CT molecular complexity index is 527. The van der Waals surface area contributed by atoms with E-state index in [-0.39, 0.29) is 0 Å². The zero-order valence-electron chi connectivity index (χ0n) is 14.8. The lowest BCUT2D eigenvalue weighted by Gasteiger charge is -2.22. The van der Waals surface area contributed by atoms with Crippen LogP contribution in [0.3, 0.4) is 0 Å². The molecule has 0 saturated heterocycles. The van der Waals surface area contributed by atoms with Crippen LogP contribution in [0.15, 0.2) is 23.2 Å². The van der Waals surface area contributed by atoms with Crippen LogP contribution in [0.2, 0.25) is 0 Å². The van der Waals surface area contributed by atoms with E-state index in [1.54, 1.807) is 14.2 Å². The number of likely N-dealkylation sites (N-methyl/N-ethyl adjacent to an activating group) is 1. The van der Waals surface area contributed by atoms with Crippen molar-refractivity contribution in [3.8, 4) is 5.75 Å². The van der Waals surface area contributed by atoms with E-state index < -0.39 is 0 Å². The zero-order valence-corrected chi connectivity index (χ0v) is 14.8. The summed E-state index contributed by atoms with van der Waals surface area (Å²) in [5, 5.41) is 3.39. The molecule has 1 aromatic rings. The molecule has 0 heterocycles. The Morgan fingerprint density at radius 1 is 1.35 bits per heavy atom. The number of nitrogens with one attached hydrogen (secondary N) is 1. The number of nitrogens with zero attached hydrogens (tertiary/aromatic N) is 2. The number of rotatable bonds is 8. The number of ether oxygens (including phenoxy) is 2. The van der Waals surface area contributed by atoms with E-state index in [2.05, 4.69) is 28.2 Å². The van der Waals surface area contributed by atoms with Crippen LogP contribution in [0.1, 0.15) is 24.0 Å². The maximum absolute atomic E-state index is 5.69. The molecule has 0 bridgehead atoms. The Kier molecular flexibility index (Phi) is 6.71. The molecular formula is C18H29N3O2. The van der Waals surface area contributed by atoms with E-state index in [4.69, 9.17) is 9.47 Å². The van der Waals surface area contributed by atoms with Crippen molar-refractivity contribution in [3.05, 3.63) is 29.3 Å². The minimum absolute atomic E-state index is 0.720. The Labute approximate surface area is 139 Å². The Balaban J connectivity index is 1.77. The molecule has 0 unspecified atom stereocenters. The molecule has 0 aliphatic heterocycles. The summed E-state index contributed by atoms with van der Waals surface area (Å²) in [5.41, 5.74) is 2.37. The molecular weight excluding hydrogens is 290 g/mol. The Hall–Kier alpha value is -1.75. The van der Waals surface area contributed by atoms with Gasteiger partial charge in [0, 0.05) is 33.8 Å². The lowest BCUT2D eigenvalue weighted by molar-refractivity contribution is 0.115. The van der Waals surface area contributed by atoms with Crippen LogP contribution in [0, 0.1) is 12.8 Å². The third kappa shape index (κ3) is 6.10. The molecule has 5 nitrogen and oxygen atoms in total. The number of aryl methyl sites for hydroxylation is 1. The van der Waals surface area contributed by atoms with Crippen LogP contribution in [-0.4, -0.2) is 51.8 Å². The standard InChI is InChI=1S/C18H29N3O2/c1-14-9-16(11-17(10-14)22-4)12-20-18(19-2)21(3)7-8-23-13-15-5-6-15/h9-11,15H,5-8,12-13H2,1-4H3,(H,19,20). The predicted octanol–water partition coefficient (Wildman–Crippen LogP) is 2.44. The molecule has 1 fully saturated rings. The number of hydrogen-bond acceptors (Lipinski definition) is 3. The molecule has 23 heavy (non-hydrogen) atoms. The first-order chi connectivity index (χ1) is 11.1. The average Bonchev–Trinajstić information content (AvgIpc) is 3.36. The van der Waals surface area contributed by atoms with Gasteiger partial charge in [0.2, 0.25) is 0 Å². The summed E-state index contributed by atoms with van der Waals surface area (Å²) in [7, 11) is 5.54. The van der Waals surface area contributed by atoms with Crippen molar-refractivity contribution in [3.63, 3.8) is 0 Å². The Morgan fingerprint density at radius 2 is 2.13 bits per heavy atom. The number of benzene rings is 1. The minimum Gasteiger partial charge on any atom is -0.497 e. The van der Waals surface area contributed by atoms with E-state index >= 15 is 0 Å². The SMILES string of the molecule is CN=C(NCc1cc(C)cc(OC)c1)N(C)CCOCC1CC1. The molecule has 0 spiro atoms. The van der Waals surface area contributed by atoms with E-state index in [0.29, 0.717) is 0 Å². The van der Waals surface area contributed by atoms with Gasteiger partial charge in [-0.1, -0.05) is 6.07 Å². The Morgan fingerprint density at radius 3 is 2.78 bits per heavy atom. The monoisotopic (exact) mass is 319 g/mol. The number of hydrogen-bond donors (Lipinski definition) is 1. The van der Waals surface area contributed by atoms with Gasteiger partial charge in [-0.15, -0.1) is 0 Å². The van der Waals surface area contributed by atoms with Crippen LogP contribution in [0.25, 0.3) is 0 Å². The van der Waals surface area contributed by atoms with Gasteiger partial charge in [0.25, 0.3) is 0 Å². The van der Waals surface area contributed by atoms with Gasteiger partial charge in [0.15, 0.2) is 5.96 Å². The normalized spacial score (nSPS) is 14.7. The fourth-order valence-electron chi connectivity index (χ4n) is 2.45. The van der Waals surface area contributed by atoms with Gasteiger partial charge < -0.3 is 19.7 Å². The van der Waals surface area contributed by atoms with Crippen molar-refractivity contribution in [2.45, 2.75) is 26.3 Å². The summed E-state index contributed by atoms with van der Waals surface area (Å²) in [4.78, 5) is 6.44. The molecule has 0 radical (unpaired) electrons. The highest BCUT2D eigenvalue weighted by molar-refractivity contribution is 5.79.